The van der Waals surface area contributed by atoms with Crippen LogP contribution in [0.4, 0.5) is 0 Å². The molecule has 5 nitrogen and oxygen atoms in total. The van der Waals surface area contributed by atoms with Crippen molar-refractivity contribution in [2.75, 3.05) is 6.61 Å². The lowest BCUT2D eigenvalue weighted by Crippen LogP contribution is -2.49. The van der Waals surface area contributed by atoms with Gasteiger partial charge in [-0.15, -0.1) is 0 Å². The molecule has 53 heavy (non-hydrogen) atoms. The molecule has 0 aromatic rings. The fraction of sp³-hybridized carbons (Fsp3) is 0.896. The quantitative estimate of drug-likeness (QED) is 0.0369. The number of hydrogen-bond acceptors (Lipinski definition) is 4. The minimum Gasteiger partial charge on any atom is -0.394 e. The van der Waals surface area contributed by atoms with Gasteiger partial charge in [-0.3, -0.25) is 4.79 Å². The van der Waals surface area contributed by atoms with Crippen LogP contribution in [0.2, 0.25) is 0 Å². The first-order valence-corrected chi connectivity index (χ1v) is 23.7. The Morgan fingerprint density at radius 2 is 0.755 bits per heavy atom. The van der Waals surface area contributed by atoms with E-state index in [2.05, 4.69) is 43.5 Å². The van der Waals surface area contributed by atoms with E-state index in [9.17, 15) is 20.1 Å². The van der Waals surface area contributed by atoms with Gasteiger partial charge in [-0.25, -0.2) is 0 Å². The zero-order valence-electron chi connectivity index (χ0n) is 35.7. The Balaban J connectivity index is 3.56. The number of carbonyl (C=O) groups excluding carboxylic acids is 1. The first-order chi connectivity index (χ1) is 26.1. The highest BCUT2D eigenvalue weighted by molar-refractivity contribution is 5.80. The molecule has 1 amide bonds. The minimum absolute atomic E-state index is 0.317. The van der Waals surface area contributed by atoms with Crippen molar-refractivity contribution in [2.45, 2.75) is 270 Å². The highest BCUT2D eigenvalue weighted by Crippen LogP contribution is 2.17. The molecule has 3 unspecified atom stereocenters. The molecule has 0 aliphatic rings. The van der Waals surface area contributed by atoms with Crippen molar-refractivity contribution in [3.8, 4) is 0 Å². The number of unbranched alkanes of at least 4 members (excludes halogenated alkanes) is 32. The van der Waals surface area contributed by atoms with E-state index in [1.807, 2.05) is 0 Å². The molecule has 0 aliphatic heterocycles. The number of rotatable bonds is 43. The van der Waals surface area contributed by atoms with E-state index in [1.165, 1.54) is 180 Å². The first-order valence-electron chi connectivity index (χ1n) is 23.7. The van der Waals surface area contributed by atoms with Crippen molar-refractivity contribution < 1.29 is 20.1 Å². The van der Waals surface area contributed by atoms with Gasteiger partial charge in [0.15, 0.2) is 0 Å². The van der Waals surface area contributed by atoms with E-state index in [4.69, 9.17) is 0 Å². The SMILES string of the molecule is CCCCC/C=C\C=C/CCCCCCCC(O)C(=O)NC(CO)C(O)CCCCCCCCCCCCCCCCCCCCCCCCCCC. The summed E-state index contributed by atoms with van der Waals surface area (Å²) < 4.78 is 0. The molecule has 0 spiro atoms. The van der Waals surface area contributed by atoms with E-state index in [0.717, 1.165) is 44.9 Å². The molecule has 4 N–H and O–H groups in total. The smallest absolute Gasteiger partial charge is 0.249 e. The van der Waals surface area contributed by atoms with Crippen LogP contribution in [0, 0.1) is 0 Å². The van der Waals surface area contributed by atoms with Gasteiger partial charge in [0, 0.05) is 0 Å². The predicted molar refractivity (Wildman–Crippen MR) is 231 cm³/mol. The second kappa shape index (κ2) is 43.6. The van der Waals surface area contributed by atoms with Crippen molar-refractivity contribution >= 4 is 5.91 Å². The monoisotopic (exact) mass is 748 g/mol. The van der Waals surface area contributed by atoms with E-state index < -0.39 is 24.2 Å². The summed E-state index contributed by atoms with van der Waals surface area (Å²) in [7, 11) is 0. The molecule has 0 heterocycles. The third-order valence-corrected chi connectivity index (χ3v) is 11.1. The van der Waals surface area contributed by atoms with Gasteiger partial charge in [0.05, 0.1) is 18.8 Å². The van der Waals surface area contributed by atoms with Crippen LogP contribution in [0.25, 0.3) is 0 Å². The van der Waals surface area contributed by atoms with Crippen molar-refractivity contribution in [1.29, 1.82) is 0 Å². The van der Waals surface area contributed by atoms with Crippen LogP contribution < -0.4 is 5.32 Å². The molecule has 3 atom stereocenters. The Labute approximate surface area is 331 Å². The Morgan fingerprint density at radius 1 is 0.453 bits per heavy atom. The summed E-state index contributed by atoms with van der Waals surface area (Å²) in [4.78, 5) is 12.5. The number of aliphatic hydroxyl groups is 3. The number of amides is 1. The molecule has 0 saturated heterocycles. The van der Waals surface area contributed by atoms with Crippen molar-refractivity contribution in [3.05, 3.63) is 24.3 Å². The molecule has 0 radical (unpaired) electrons. The van der Waals surface area contributed by atoms with Gasteiger partial charge in [-0.1, -0.05) is 237 Å². The fourth-order valence-corrected chi connectivity index (χ4v) is 7.36. The van der Waals surface area contributed by atoms with Gasteiger partial charge in [0.25, 0.3) is 0 Å². The molecule has 0 bridgehead atoms. The van der Waals surface area contributed by atoms with E-state index in [0.29, 0.717) is 12.8 Å². The summed E-state index contributed by atoms with van der Waals surface area (Å²) >= 11 is 0. The van der Waals surface area contributed by atoms with Gasteiger partial charge >= 0.3 is 0 Å². The highest BCUT2D eigenvalue weighted by atomic mass is 16.3. The predicted octanol–water partition coefficient (Wildman–Crippen LogP) is 13.8. The number of allylic oxidation sites excluding steroid dienone is 4. The van der Waals surface area contributed by atoms with Gasteiger partial charge in [0.2, 0.25) is 5.91 Å². The largest absolute Gasteiger partial charge is 0.394 e. The van der Waals surface area contributed by atoms with Crippen LogP contribution in [0.3, 0.4) is 0 Å². The molecule has 0 fully saturated rings. The Kier molecular flexibility index (Phi) is 42.6. The normalized spacial score (nSPS) is 13.7. The van der Waals surface area contributed by atoms with Gasteiger partial charge in [0.1, 0.15) is 6.10 Å². The summed E-state index contributed by atoms with van der Waals surface area (Å²) in [5, 5.41) is 33.3. The van der Waals surface area contributed by atoms with E-state index in [1.54, 1.807) is 0 Å². The molecule has 0 aromatic carbocycles. The second-order valence-electron chi connectivity index (χ2n) is 16.4. The van der Waals surface area contributed by atoms with Crippen LogP contribution in [-0.4, -0.2) is 46.1 Å². The van der Waals surface area contributed by atoms with Crippen LogP contribution in [0.5, 0.6) is 0 Å². The maximum atomic E-state index is 12.5. The lowest BCUT2D eigenvalue weighted by Gasteiger charge is -2.23. The molecule has 0 aromatic heterocycles. The maximum Gasteiger partial charge on any atom is 0.249 e. The second-order valence-corrected chi connectivity index (χ2v) is 16.4. The lowest BCUT2D eigenvalue weighted by molar-refractivity contribution is -0.131. The molecule has 314 valence electrons. The van der Waals surface area contributed by atoms with Crippen molar-refractivity contribution in [2.24, 2.45) is 0 Å². The summed E-state index contributed by atoms with van der Waals surface area (Å²) in [6.07, 6.45) is 53.4. The number of carbonyl (C=O) groups is 1. The van der Waals surface area contributed by atoms with Crippen molar-refractivity contribution in [1.82, 2.24) is 5.32 Å². The Bertz CT molecular complexity index is 784. The first kappa shape index (κ1) is 51.8. The molecular weight excluding hydrogens is 655 g/mol. The van der Waals surface area contributed by atoms with Gasteiger partial charge < -0.3 is 20.6 Å². The average Bonchev–Trinajstić information content (AvgIpc) is 3.16. The van der Waals surface area contributed by atoms with Crippen LogP contribution in [-0.2, 0) is 4.79 Å². The van der Waals surface area contributed by atoms with Crippen LogP contribution >= 0.6 is 0 Å². The van der Waals surface area contributed by atoms with Crippen molar-refractivity contribution in [3.63, 3.8) is 0 Å². The number of hydrogen-bond donors (Lipinski definition) is 4. The van der Waals surface area contributed by atoms with E-state index >= 15 is 0 Å². The molecule has 5 heteroatoms. The lowest BCUT2D eigenvalue weighted by atomic mass is 10.0. The minimum atomic E-state index is -1.09. The molecule has 0 rings (SSSR count). The third-order valence-electron chi connectivity index (χ3n) is 11.1. The fourth-order valence-electron chi connectivity index (χ4n) is 7.36. The number of aliphatic hydroxyl groups excluding tert-OH is 3. The Morgan fingerprint density at radius 3 is 1.13 bits per heavy atom. The summed E-state index contributed by atoms with van der Waals surface area (Å²) in [6.45, 7) is 4.21. The molecule has 0 saturated carbocycles. The maximum absolute atomic E-state index is 12.5. The Hall–Kier alpha value is -1.17. The average molecular weight is 748 g/mol. The van der Waals surface area contributed by atoms with Gasteiger partial charge in [-0.05, 0) is 38.5 Å². The summed E-state index contributed by atoms with van der Waals surface area (Å²) in [5.74, 6) is -0.481. The molecular formula is C48H93NO4. The third kappa shape index (κ3) is 38.9. The summed E-state index contributed by atoms with van der Waals surface area (Å²) in [5.41, 5.74) is 0. The topological polar surface area (TPSA) is 89.8 Å². The van der Waals surface area contributed by atoms with Crippen LogP contribution in [0.1, 0.15) is 251 Å². The van der Waals surface area contributed by atoms with Crippen LogP contribution in [0.15, 0.2) is 24.3 Å². The van der Waals surface area contributed by atoms with Gasteiger partial charge in [-0.2, -0.15) is 0 Å². The highest BCUT2D eigenvalue weighted by Gasteiger charge is 2.23. The zero-order valence-corrected chi connectivity index (χ0v) is 35.7. The number of nitrogens with one attached hydrogen (secondary N) is 1. The zero-order chi connectivity index (χ0) is 38.7. The standard InChI is InChI=1S/C48H93NO4/c1-3-5-7-9-11-13-15-17-19-20-21-22-23-24-25-26-27-28-29-31-32-34-36-38-40-42-46(51)45(44-50)49-48(53)47(52)43-41-39-37-35-33-30-18-16-14-12-10-8-6-4-2/h12,14,16,18,45-47,50-52H,3-11,13,15,17,19-44H2,1-2H3,(H,49,53)/b14-12-,18-16-. The molecule has 0 aliphatic carbocycles. The summed E-state index contributed by atoms with van der Waals surface area (Å²) in [6, 6.07) is -0.717. The van der Waals surface area contributed by atoms with E-state index in [-0.39, 0.29) is 6.61 Å².